The highest BCUT2D eigenvalue weighted by atomic mass is 35.5. The molecule has 1 unspecified atom stereocenters. The summed E-state index contributed by atoms with van der Waals surface area (Å²) in [5.41, 5.74) is 1.61. The zero-order chi connectivity index (χ0) is 27.1. The third-order valence-electron chi connectivity index (χ3n) is 6.34. The largest absolute Gasteiger partial charge is 0.507 e. The number of ether oxygens (including phenoxy) is 2. The van der Waals surface area contributed by atoms with Gasteiger partial charge in [0.15, 0.2) is 0 Å². The lowest BCUT2D eigenvalue weighted by atomic mass is 9.84. The highest BCUT2D eigenvalue weighted by molar-refractivity contribution is 6.51. The van der Waals surface area contributed by atoms with E-state index in [0.29, 0.717) is 28.3 Å². The van der Waals surface area contributed by atoms with Gasteiger partial charge in [0.05, 0.1) is 30.9 Å². The van der Waals surface area contributed by atoms with E-state index >= 15 is 0 Å². The lowest BCUT2D eigenvalue weighted by Gasteiger charge is -2.26. The van der Waals surface area contributed by atoms with Crippen LogP contribution >= 0.6 is 11.6 Å². The molecule has 0 spiro atoms. The molecule has 3 aromatic rings. The van der Waals surface area contributed by atoms with E-state index in [9.17, 15) is 19.8 Å². The van der Waals surface area contributed by atoms with Gasteiger partial charge in [0.25, 0.3) is 11.7 Å². The Morgan fingerprint density at radius 3 is 2.32 bits per heavy atom. The fourth-order valence-corrected chi connectivity index (χ4v) is 4.65. The van der Waals surface area contributed by atoms with Crippen LogP contribution in [-0.2, 0) is 15.0 Å². The van der Waals surface area contributed by atoms with Crippen LogP contribution in [0.15, 0.2) is 66.2 Å². The van der Waals surface area contributed by atoms with Gasteiger partial charge in [-0.1, -0.05) is 44.5 Å². The second kappa shape index (κ2) is 9.82. The Kier molecular flexibility index (Phi) is 6.93. The van der Waals surface area contributed by atoms with E-state index in [0.717, 1.165) is 5.56 Å². The van der Waals surface area contributed by atoms with Gasteiger partial charge in [-0.2, -0.15) is 0 Å². The maximum Gasteiger partial charge on any atom is 0.300 e. The summed E-state index contributed by atoms with van der Waals surface area (Å²) >= 11 is 6.20. The van der Waals surface area contributed by atoms with E-state index in [1.165, 1.54) is 24.1 Å². The number of aliphatic hydroxyl groups excluding tert-OH is 1. The average molecular weight is 522 g/mol. The summed E-state index contributed by atoms with van der Waals surface area (Å²) in [6, 6.07) is 15.3. The summed E-state index contributed by atoms with van der Waals surface area (Å²) in [5.74, 6) is -0.995. The molecule has 0 radical (unpaired) electrons. The minimum atomic E-state index is -1.01. The number of anilines is 1. The van der Waals surface area contributed by atoms with Crippen molar-refractivity contribution in [1.29, 1.82) is 0 Å². The first-order valence-electron chi connectivity index (χ1n) is 11.6. The number of phenols is 1. The van der Waals surface area contributed by atoms with Crippen LogP contribution in [0, 0.1) is 0 Å². The second-order valence-electron chi connectivity index (χ2n) is 9.75. The van der Waals surface area contributed by atoms with Crippen molar-refractivity contribution in [2.24, 2.45) is 0 Å². The number of halogens is 1. The molecule has 1 atom stereocenters. The number of phenolic OH excluding ortho intramolecular Hbond substituents is 1. The van der Waals surface area contributed by atoms with Crippen LogP contribution in [-0.4, -0.2) is 36.1 Å². The number of benzene rings is 3. The normalized spacial score (nSPS) is 17.2. The van der Waals surface area contributed by atoms with Crippen LogP contribution < -0.4 is 14.4 Å². The van der Waals surface area contributed by atoms with Gasteiger partial charge in [-0.05, 0) is 53.4 Å². The SMILES string of the molecule is COc1cccc(N2C(=O)C(=O)/C(=C(\O)c3ccc(OC)c(C(C)(C)C)c3)C2c2ccc(O)c(Cl)c2)c1. The number of aliphatic hydroxyl groups is 1. The Hall–Kier alpha value is -3.97. The molecule has 1 saturated heterocycles. The number of aromatic hydroxyl groups is 1. The van der Waals surface area contributed by atoms with Crippen LogP contribution in [0.1, 0.15) is 43.5 Å². The van der Waals surface area contributed by atoms with Crippen molar-refractivity contribution in [3.63, 3.8) is 0 Å². The molecule has 2 N–H and O–H groups in total. The van der Waals surface area contributed by atoms with Crippen molar-refractivity contribution in [2.45, 2.75) is 32.2 Å². The Morgan fingerprint density at radius 1 is 0.973 bits per heavy atom. The molecule has 0 saturated carbocycles. The van der Waals surface area contributed by atoms with Crippen molar-refractivity contribution in [1.82, 2.24) is 0 Å². The van der Waals surface area contributed by atoms with Crippen LogP contribution in [0.25, 0.3) is 5.76 Å². The number of ketones is 1. The molecule has 4 rings (SSSR count). The summed E-state index contributed by atoms with van der Waals surface area (Å²) in [6.07, 6.45) is 0. The van der Waals surface area contributed by atoms with Crippen molar-refractivity contribution < 1.29 is 29.3 Å². The minimum absolute atomic E-state index is 0.0493. The van der Waals surface area contributed by atoms with Crippen molar-refractivity contribution in [3.8, 4) is 17.2 Å². The predicted molar refractivity (Wildman–Crippen MR) is 143 cm³/mol. The summed E-state index contributed by atoms with van der Waals surface area (Å²) < 4.78 is 10.8. The highest BCUT2D eigenvalue weighted by Crippen LogP contribution is 2.44. The van der Waals surface area contributed by atoms with E-state index in [4.69, 9.17) is 21.1 Å². The van der Waals surface area contributed by atoms with E-state index in [-0.39, 0.29) is 27.5 Å². The molecule has 0 aliphatic carbocycles. The van der Waals surface area contributed by atoms with Gasteiger partial charge in [0, 0.05) is 22.9 Å². The van der Waals surface area contributed by atoms with Crippen LogP contribution in [0.5, 0.6) is 17.2 Å². The lowest BCUT2D eigenvalue weighted by Crippen LogP contribution is -2.29. The molecule has 37 heavy (non-hydrogen) atoms. The van der Waals surface area contributed by atoms with Crippen molar-refractivity contribution in [2.75, 3.05) is 19.1 Å². The molecule has 192 valence electrons. The summed E-state index contributed by atoms with van der Waals surface area (Å²) in [7, 11) is 3.07. The third-order valence-corrected chi connectivity index (χ3v) is 6.65. The predicted octanol–water partition coefficient (Wildman–Crippen LogP) is 5.99. The third kappa shape index (κ3) is 4.74. The molecule has 1 amide bonds. The minimum Gasteiger partial charge on any atom is -0.507 e. The van der Waals surface area contributed by atoms with E-state index < -0.39 is 17.7 Å². The fourth-order valence-electron chi connectivity index (χ4n) is 4.46. The van der Waals surface area contributed by atoms with E-state index in [1.807, 2.05) is 20.8 Å². The number of hydrogen-bond acceptors (Lipinski definition) is 6. The zero-order valence-electron chi connectivity index (χ0n) is 21.2. The van der Waals surface area contributed by atoms with Gasteiger partial charge in [0.1, 0.15) is 23.0 Å². The first-order valence-corrected chi connectivity index (χ1v) is 12.0. The first kappa shape index (κ1) is 26.1. The molecule has 1 aliphatic rings. The average Bonchev–Trinajstić information content (AvgIpc) is 3.14. The molecule has 3 aromatic carbocycles. The fraction of sp³-hybridized carbons (Fsp3) is 0.241. The quantitative estimate of drug-likeness (QED) is 0.243. The summed E-state index contributed by atoms with van der Waals surface area (Å²) in [5, 5.41) is 21.5. The molecule has 1 fully saturated rings. The van der Waals surface area contributed by atoms with E-state index in [1.54, 1.807) is 55.6 Å². The van der Waals surface area contributed by atoms with E-state index in [2.05, 4.69) is 0 Å². The highest BCUT2D eigenvalue weighted by Gasteiger charge is 2.47. The molecule has 8 heteroatoms. The Labute approximate surface area is 220 Å². The van der Waals surface area contributed by atoms with Crippen molar-refractivity contribution in [3.05, 3.63) is 87.9 Å². The lowest BCUT2D eigenvalue weighted by molar-refractivity contribution is -0.132. The molecular formula is C29H28ClNO6. The summed E-state index contributed by atoms with van der Waals surface area (Å²) in [6.45, 7) is 6.03. The Morgan fingerprint density at radius 2 is 1.70 bits per heavy atom. The number of Topliss-reactive ketones (excluding diaryl/α,β-unsaturated/α-hetero) is 1. The number of carbonyl (C=O) groups excluding carboxylic acids is 2. The maximum absolute atomic E-state index is 13.5. The standard InChI is InChI=1S/C29H28ClNO6/c1-29(2,3)20-13-17(10-12-23(20)37-5)26(33)24-25(16-9-11-22(32)21(30)14-16)31(28(35)27(24)34)18-7-6-8-19(15-18)36-4/h6-15,25,32-33H,1-5H3/b26-24-. The summed E-state index contributed by atoms with van der Waals surface area (Å²) in [4.78, 5) is 28.2. The second-order valence-corrected chi connectivity index (χ2v) is 10.2. The molecule has 0 bridgehead atoms. The van der Waals surface area contributed by atoms with Crippen LogP contribution in [0.3, 0.4) is 0 Å². The van der Waals surface area contributed by atoms with Gasteiger partial charge in [-0.25, -0.2) is 0 Å². The van der Waals surface area contributed by atoms with Gasteiger partial charge in [-0.3, -0.25) is 14.5 Å². The Bertz CT molecular complexity index is 1420. The molecule has 1 aliphatic heterocycles. The van der Waals surface area contributed by atoms with Gasteiger partial charge < -0.3 is 19.7 Å². The topological polar surface area (TPSA) is 96.3 Å². The van der Waals surface area contributed by atoms with Crippen molar-refractivity contribution >= 4 is 34.7 Å². The van der Waals surface area contributed by atoms with Crippen LogP contribution in [0.2, 0.25) is 5.02 Å². The first-order chi connectivity index (χ1) is 17.5. The van der Waals surface area contributed by atoms with Gasteiger partial charge >= 0.3 is 0 Å². The number of amides is 1. The zero-order valence-corrected chi connectivity index (χ0v) is 22.0. The molecule has 0 aromatic heterocycles. The smallest absolute Gasteiger partial charge is 0.300 e. The molecular weight excluding hydrogens is 494 g/mol. The molecule has 1 heterocycles. The number of carbonyl (C=O) groups is 2. The monoisotopic (exact) mass is 521 g/mol. The number of hydrogen-bond donors (Lipinski definition) is 2. The number of methoxy groups -OCH3 is 2. The molecule has 7 nitrogen and oxygen atoms in total. The number of rotatable bonds is 5. The maximum atomic E-state index is 13.5. The van der Waals surface area contributed by atoms with Crippen LogP contribution in [0.4, 0.5) is 5.69 Å². The Balaban J connectivity index is 1.98. The van der Waals surface area contributed by atoms with Gasteiger partial charge in [-0.15, -0.1) is 0 Å². The van der Waals surface area contributed by atoms with Gasteiger partial charge in [0.2, 0.25) is 0 Å². The number of nitrogens with zero attached hydrogens (tertiary/aromatic N) is 1.